The van der Waals surface area contributed by atoms with Gasteiger partial charge in [0.05, 0.1) is 17.5 Å². The lowest BCUT2D eigenvalue weighted by Crippen LogP contribution is -1.96. The summed E-state index contributed by atoms with van der Waals surface area (Å²) in [6.07, 6.45) is 1.11. The molecule has 0 saturated carbocycles. The van der Waals surface area contributed by atoms with Crippen LogP contribution in [0.1, 0.15) is 5.56 Å². The summed E-state index contributed by atoms with van der Waals surface area (Å²) in [5.74, 6) is -1.32. The molecule has 0 spiro atoms. The van der Waals surface area contributed by atoms with Crippen molar-refractivity contribution in [3.8, 4) is 11.3 Å². The van der Waals surface area contributed by atoms with Gasteiger partial charge in [0.25, 0.3) is 0 Å². The van der Waals surface area contributed by atoms with Crippen LogP contribution in [-0.2, 0) is 0 Å². The topological polar surface area (TPSA) is 37.3 Å². The largest absolute Gasteiger partial charge is 0.253 e. The highest BCUT2D eigenvalue weighted by Crippen LogP contribution is 2.24. The molecule has 0 unspecified atom stereocenters. The first kappa shape index (κ1) is 14.3. The minimum Gasteiger partial charge on any atom is -0.253 e. The van der Waals surface area contributed by atoms with Crippen LogP contribution in [0.4, 0.5) is 13.9 Å². The van der Waals surface area contributed by atoms with Crippen molar-refractivity contribution in [2.75, 3.05) is 5.43 Å². The van der Waals surface area contributed by atoms with Crippen LogP contribution in [0.2, 0.25) is 0 Å². The fourth-order valence-corrected chi connectivity index (χ4v) is 2.52. The van der Waals surface area contributed by atoms with E-state index in [1.54, 1.807) is 0 Å². The smallest absolute Gasteiger partial charge is 0.203 e. The molecule has 0 atom stereocenters. The first-order valence-corrected chi connectivity index (χ1v) is 7.36. The van der Waals surface area contributed by atoms with Gasteiger partial charge in [0.2, 0.25) is 5.13 Å². The van der Waals surface area contributed by atoms with Crippen LogP contribution in [0.15, 0.2) is 59.0 Å². The fraction of sp³-hybridized carbons (Fsp3) is 0. The molecule has 1 aromatic heterocycles. The van der Waals surface area contributed by atoms with Gasteiger partial charge < -0.3 is 0 Å². The summed E-state index contributed by atoms with van der Waals surface area (Å²) in [7, 11) is 0. The number of nitrogens with zero attached hydrogens (tertiary/aromatic N) is 2. The zero-order valence-electron chi connectivity index (χ0n) is 11.3. The van der Waals surface area contributed by atoms with E-state index < -0.39 is 11.6 Å². The molecular weight excluding hydrogens is 304 g/mol. The second-order valence-electron chi connectivity index (χ2n) is 4.41. The van der Waals surface area contributed by atoms with Crippen LogP contribution < -0.4 is 5.43 Å². The van der Waals surface area contributed by atoms with E-state index in [0.29, 0.717) is 5.13 Å². The first-order valence-electron chi connectivity index (χ1n) is 6.48. The van der Waals surface area contributed by atoms with E-state index >= 15 is 0 Å². The molecule has 1 N–H and O–H groups in total. The van der Waals surface area contributed by atoms with Crippen molar-refractivity contribution in [2.24, 2.45) is 5.10 Å². The molecule has 22 heavy (non-hydrogen) atoms. The maximum Gasteiger partial charge on any atom is 0.203 e. The van der Waals surface area contributed by atoms with Crippen LogP contribution in [0.25, 0.3) is 11.3 Å². The van der Waals surface area contributed by atoms with Gasteiger partial charge in [-0.15, -0.1) is 11.3 Å². The fourth-order valence-electron chi connectivity index (χ4n) is 1.85. The zero-order chi connectivity index (χ0) is 15.4. The number of hydrazone groups is 1. The van der Waals surface area contributed by atoms with Gasteiger partial charge in [-0.25, -0.2) is 13.8 Å². The van der Waals surface area contributed by atoms with Crippen LogP contribution in [0, 0.1) is 11.6 Å². The second kappa shape index (κ2) is 6.44. The van der Waals surface area contributed by atoms with Crippen molar-refractivity contribution in [1.82, 2.24) is 4.98 Å². The molecule has 0 aliphatic heterocycles. The van der Waals surface area contributed by atoms with Gasteiger partial charge in [-0.05, 0) is 12.1 Å². The third-order valence-electron chi connectivity index (χ3n) is 2.93. The summed E-state index contributed by atoms with van der Waals surface area (Å²) in [6, 6.07) is 13.4. The number of anilines is 1. The molecule has 3 nitrogen and oxygen atoms in total. The molecule has 6 heteroatoms. The Bertz CT molecular complexity index is 780. The zero-order valence-corrected chi connectivity index (χ0v) is 12.1. The van der Waals surface area contributed by atoms with Crippen molar-refractivity contribution in [1.29, 1.82) is 0 Å². The third kappa shape index (κ3) is 3.17. The number of thiazole rings is 1. The number of aromatic nitrogens is 1. The number of hydrogen-bond donors (Lipinski definition) is 1. The highest BCUT2D eigenvalue weighted by molar-refractivity contribution is 7.14. The minimum atomic E-state index is -0.658. The Morgan fingerprint density at radius 1 is 1.00 bits per heavy atom. The monoisotopic (exact) mass is 315 g/mol. The van der Waals surface area contributed by atoms with E-state index in [9.17, 15) is 8.78 Å². The Morgan fingerprint density at radius 2 is 1.73 bits per heavy atom. The van der Waals surface area contributed by atoms with Gasteiger partial charge in [-0.3, -0.25) is 5.43 Å². The van der Waals surface area contributed by atoms with Crippen molar-refractivity contribution in [3.63, 3.8) is 0 Å². The molecule has 0 amide bonds. The lowest BCUT2D eigenvalue weighted by atomic mass is 10.2. The second-order valence-corrected chi connectivity index (χ2v) is 5.27. The maximum atomic E-state index is 13.4. The van der Waals surface area contributed by atoms with Crippen LogP contribution in [0.5, 0.6) is 0 Å². The number of hydrogen-bond acceptors (Lipinski definition) is 4. The van der Waals surface area contributed by atoms with Gasteiger partial charge in [0.15, 0.2) is 0 Å². The van der Waals surface area contributed by atoms with E-state index in [4.69, 9.17) is 0 Å². The molecule has 0 saturated heterocycles. The SMILES string of the molecule is Fc1cccc(F)c1/C=N\Nc1nc(-c2ccccc2)cs1. The molecule has 3 aromatic rings. The number of halogens is 2. The minimum absolute atomic E-state index is 0.185. The molecule has 0 bridgehead atoms. The lowest BCUT2D eigenvalue weighted by Gasteiger charge is -1.98. The third-order valence-corrected chi connectivity index (χ3v) is 3.67. The molecule has 0 aliphatic carbocycles. The Balaban J connectivity index is 1.72. The van der Waals surface area contributed by atoms with Crippen molar-refractivity contribution in [3.05, 3.63) is 71.1 Å². The van der Waals surface area contributed by atoms with Crippen LogP contribution >= 0.6 is 11.3 Å². The molecular formula is C16H11F2N3S. The quantitative estimate of drug-likeness (QED) is 0.567. The Morgan fingerprint density at radius 3 is 2.45 bits per heavy atom. The standard InChI is InChI=1S/C16H11F2N3S/c17-13-7-4-8-14(18)12(13)9-19-21-16-20-15(10-22-16)11-5-2-1-3-6-11/h1-10H,(H,20,21)/b19-9-. The van der Waals surface area contributed by atoms with Gasteiger partial charge >= 0.3 is 0 Å². The Kier molecular flexibility index (Phi) is 4.20. The van der Waals surface area contributed by atoms with Crippen molar-refractivity contribution < 1.29 is 8.78 Å². The number of benzene rings is 2. The summed E-state index contributed by atoms with van der Waals surface area (Å²) in [5.41, 5.74) is 4.31. The summed E-state index contributed by atoms with van der Waals surface area (Å²) in [4.78, 5) is 4.36. The van der Waals surface area contributed by atoms with Gasteiger partial charge in [0, 0.05) is 10.9 Å². The van der Waals surface area contributed by atoms with E-state index in [-0.39, 0.29) is 5.56 Å². The summed E-state index contributed by atoms with van der Waals surface area (Å²) in [5, 5.41) is 6.27. The molecule has 2 aromatic carbocycles. The molecule has 1 heterocycles. The molecule has 0 aliphatic rings. The van der Waals surface area contributed by atoms with E-state index in [1.807, 2.05) is 35.7 Å². The van der Waals surface area contributed by atoms with Gasteiger partial charge in [-0.2, -0.15) is 5.10 Å². The maximum absolute atomic E-state index is 13.4. The average molecular weight is 315 g/mol. The highest BCUT2D eigenvalue weighted by atomic mass is 32.1. The average Bonchev–Trinajstić information content (AvgIpc) is 3.00. The van der Waals surface area contributed by atoms with E-state index in [0.717, 1.165) is 17.5 Å². The molecule has 110 valence electrons. The summed E-state index contributed by atoms with van der Waals surface area (Å²) < 4.78 is 26.9. The first-order chi connectivity index (χ1) is 10.7. The van der Waals surface area contributed by atoms with Gasteiger partial charge in [0.1, 0.15) is 11.6 Å². The van der Waals surface area contributed by atoms with Crippen molar-refractivity contribution >= 4 is 22.7 Å². The van der Waals surface area contributed by atoms with E-state index in [2.05, 4.69) is 15.5 Å². The Labute approximate surface area is 130 Å². The summed E-state index contributed by atoms with van der Waals surface area (Å²) >= 11 is 1.36. The predicted octanol–water partition coefficient (Wildman–Crippen LogP) is 4.53. The van der Waals surface area contributed by atoms with Gasteiger partial charge in [-0.1, -0.05) is 36.4 Å². The normalized spacial score (nSPS) is 11.0. The number of nitrogens with one attached hydrogen (secondary N) is 1. The van der Waals surface area contributed by atoms with Crippen LogP contribution in [-0.4, -0.2) is 11.2 Å². The van der Waals surface area contributed by atoms with Crippen LogP contribution in [0.3, 0.4) is 0 Å². The highest BCUT2D eigenvalue weighted by Gasteiger charge is 2.06. The lowest BCUT2D eigenvalue weighted by molar-refractivity contribution is 0.580. The predicted molar refractivity (Wildman–Crippen MR) is 85.1 cm³/mol. The summed E-state index contributed by atoms with van der Waals surface area (Å²) in [6.45, 7) is 0. The molecule has 0 radical (unpaired) electrons. The molecule has 0 fully saturated rings. The van der Waals surface area contributed by atoms with E-state index in [1.165, 1.54) is 29.5 Å². The molecule has 3 rings (SSSR count). The Hall–Kier alpha value is -2.60. The number of rotatable bonds is 4. The van der Waals surface area contributed by atoms with Crippen molar-refractivity contribution in [2.45, 2.75) is 0 Å².